The zero-order chi connectivity index (χ0) is 20.4. The van der Waals surface area contributed by atoms with Crippen molar-refractivity contribution >= 4 is 15.9 Å². The van der Waals surface area contributed by atoms with Crippen molar-refractivity contribution in [2.24, 2.45) is 38.4 Å². The third-order valence-electron chi connectivity index (χ3n) is 12.6. The second-order valence-corrected chi connectivity index (χ2v) is 15.9. The summed E-state index contributed by atoms with van der Waals surface area (Å²) in [5.74, 6) is 1.06. The normalized spacial score (nSPS) is 62.2. The fourth-order valence-electron chi connectivity index (χ4n) is 12.5. The van der Waals surface area contributed by atoms with E-state index in [1.54, 1.807) is 57.8 Å². The van der Waals surface area contributed by atoms with E-state index in [1.807, 2.05) is 0 Å². The Bertz CT molecular complexity index is 680. The van der Waals surface area contributed by atoms with Crippen LogP contribution in [0.5, 0.6) is 0 Å². The summed E-state index contributed by atoms with van der Waals surface area (Å²) in [6.07, 6.45) is 24.6. The molecule has 4 atom stereocenters. The average Bonchev–Trinajstić information content (AvgIpc) is 2.65. The van der Waals surface area contributed by atoms with Crippen molar-refractivity contribution in [1.82, 2.24) is 0 Å². The average molecular weight is 462 g/mol. The first-order chi connectivity index (χ1) is 13.6. The molecule has 29 heavy (non-hydrogen) atoms. The Kier molecular flexibility index (Phi) is 3.95. The third-order valence-corrected chi connectivity index (χ3v) is 13.5. The molecule has 0 radical (unpaired) electrons. The fourth-order valence-corrected chi connectivity index (χ4v) is 14.2. The quantitative estimate of drug-likeness (QED) is 0.358. The molecule has 8 fully saturated rings. The van der Waals surface area contributed by atoms with Gasteiger partial charge in [-0.05, 0) is 115 Å². The monoisotopic (exact) mass is 460 g/mol. The van der Waals surface area contributed by atoms with Crippen LogP contribution in [0.25, 0.3) is 0 Å². The minimum Gasteiger partial charge on any atom is -0.0853 e. The van der Waals surface area contributed by atoms with E-state index < -0.39 is 0 Å². The highest BCUT2D eigenvalue weighted by Crippen LogP contribution is 2.84. The molecule has 1 heteroatoms. The largest absolute Gasteiger partial charge is 0.0853 e. The number of halogens is 1. The van der Waals surface area contributed by atoms with Gasteiger partial charge in [0.25, 0.3) is 0 Å². The molecule has 4 unspecified atom stereocenters. The summed E-state index contributed by atoms with van der Waals surface area (Å²) in [5, 5.41) is 0. The van der Waals surface area contributed by atoms with Crippen LogP contribution in [-0.4, -0.2) is 4.32 Å². The Morgan fingerprint density at radius 3 is 1.45 bits per heavy atom. The van der Waals surface area contributed by atoms with Crippen LogP contribution in [0.15, 0.2) is 0 Å². The summed E-state index contributed by atoms with van der Waals surface area (Å²) in [5.41, 5.74) is 4.04. The van der Waals surface area contributed by atoms with Crippen LogP contribution >= 0.6 is 15.9 Å². The van der Waals surface area contributed by atoms with Crippen LogP contribution in [-0.2, 0) is 0 Å². The van der Waals surface area contributed by atoms with Crippen molar-refractivity contribution in [3.63, 3.8) is 0 Å². The minimum atomic E-state index is 0.468. The maximum Gasteiger partial charge on any atom is 0.0274 e. The van der Waals surface area contributed by atoms with Gasteiger partial charge in [0, 0.05) is 4.32 Å². The molecular formula is C28H45Br. The van der Waals surface area contributed by atoms with Gasteiger partial charge in [-0.15, -0.1) is 0 Å². The highest BCUT2D eigenvalue weighted by Gasteiger charge is 2.75. The molecule has 0 amide bonds. The topological polar surface area (TPSA) is 0 Å². The Labute approximate surface area is 188 Å². The number of rotatable bonds is 5. The molecule has 0 nitrogen and oxygen atoms in total. The maximum absolute atomic E-state index is 4.49. The zero-order valence-corrected chi connectivity index (χ0v) is 21.4. The fraction of sp³-hybridized carbons (Fsp3) is 1.00. The van der Waals surface area contributed by atoms with Gasteiger partial charge in [0.1, 0.15) is 0 Å². The molecule has 0 aromatic rings. The molecule has 0 saturated heterocycles. The molecular weight excluding hydrogens is 416 g/mol. The molecule has 0 heterocycles. The van der Waals surface area contributed by atoms with E-state index in [4.69, 9.17) is 0 Å². The van der Waals surface area contributed by atoms with Gasteiger partial charge in [-0.1, -0.05) is 69.3 Å². The molecule has 8 bridgehead atoms. The highest BCUT2D eigenvalue weighted by atomic mass is 79.9. The molecule has 0 spiro atoms. The van der Waals surface area contributed by atoms with Crippen molar-refractivity contribution in [3.8, 4) is 0 Å². The van der Waals surface area contributed by atoms with E-state index in [2.05, 4.69) is 43.6 Å². The second kappa shape index (κ2) is 5.69. The predicted octanol–water partition coefficient (Wildman–Crippen LogP) is 9.06. The lowest BCUT2D eigenvalue weighted by atomic mass is 9.27. The molecule has 164 valence electrons. The zero-order valence-electron chi connectivity index (χ0n) is 19.8. The predicted molar refractivity (Wildman–Crippen MR) is 126 cm³/mol. The van der Waals surface area contributed by atoms with Crippen molar-refractivity contribution in [2.45, 2.75) is 135 Å². The Hall–Kier alpha value is 0.480. The van der Waals surface area contributed by atoms with Gasteiger partial charge in [-0.3, -0.25) is 0 Å². The summed E-state index contributed by atoms with van der Waals surface area (Å²) in [4.78, 5) is 0. The minimum absolute atomic E-state index is 0.468. The van der Waals surface area contributed by atoms with Crippen LogP contribution < -0.4 is 0 Å². The molecule has 8 rings (SSSR count). The van der Waals surface area contributed by atoms with E-state index in [-0.39, 0.29) is 0 Å². The van der Waals surface area contributed by atoms with Crippen LogP contribution in [0.1, 0.15) is 130 Å². The van der Waals surface area contributed by atoms with E-state index in [1.165, 1.54) is 44.9 Å². The van der Waals surface area contributed by atoms with Gasteiger partial charge < -0.3 is 0 Å². The lowest BCUT2D eigenvalue weighted by Gasteiger charge is -2.79. The molecule has 0 aromatic heterocycles. The Balaban J connectivity index is 1.51. The van der Waals surface area contributed by atoms with Crippen molar-refractivity contribution in [2.75, 3.05) is 0 Å². The molecule has 0 aromatic carbocycles. The van der Waals surface area contributed by atoms with Crippen LogP contribution in [0.2, 0.25) is 0 Å². The van der Waals surface area contributed by atoms with Gasteiger partial charge >= 0.3 is 0 Å². The highest BCUT2D eigenvalue weighted by molar-refractivity contribution is 9.10. The van der Waals surface area contributed by atoms with Crippen LogP contribution in [0.4, 0.5) is 0 Å². The number of hydrogen-bond donors (Lipinski definition) is 0. The van der Waals surface area contributed by atoms with Gasteiger partial charge in [-0.25, -0.2) is 0 Å². The van der Waals surface area contributed by atoms with Crippen molar-refractivity contribution < 1.29 is 0 Å². The van der Waals surface area contributed by atoms with Crippen LogP contribution in [0, 0.1) is 38.4 Å². The summed E-state index contributed by atoms with van der Waals surface area (Å²) >= 11 is 4.49. The SMILES string of the molecule is CCC12CC3CC(CC)(C1)CC(C14CC5(Br)CC(CC)(CC(CC)(C5)C1)C4)(C3)C2. The first kappa shape index (κ1) is 20.1. The van der Waals surface area contributed by atoms with Gasteiger partial charge in [0.05, 0.1) is 0 Å². The maximum atomic E-state index is 4.49. The lowest BCUT2D eigenvalue weighted by Crippen LogP contribution is -2.70. The molecule has 8 aliphatic rings. The van der Waals surface area contributed by atoms with E-state index in [0.29, 0.717) is 36.8 Å². The second-order valence-electron chi connectivity index (χ2n) is 14.2. The van der Waals surface area contributed by atoms with Crippen molar-refractivity contribution in [1.29, 1.82) is 0 Å². The Morgan fingerprint density at radius 1 is 0.517 bits per heavy atom. The molecule has 8 aliphatic carbocycles. The number of hydrogen-bond acceptors (Lipinski definition) is 0. The first-order valence-electron chi connectivity index (χ1n) is 13.3. The Morgan fingerprint density at radius 2 is 0.966 bits per heavy atom. The van der Waals surface area contributed by atoms with E-state index in [9.17, 15) is 0 Å². The van der Waals surface area contributed by atoms with Crippen molar-refractivity contribution in [3.05, 3.63) is 0 Å². The molecule has 0 aliphatic heterocycles. The van der Waals surface area contributed by atoms with E-state index in [0.717, 1.165) is 5.92 Å². The lowest BCUT2D eigenvalue weighted by molar-refractivity contribution is -0.270. The third kappa shape index (κ3) is 2.44. The van der Waals surface area contributed by atoms with E-state index >= 15 is 0 Å². The summed E-state index contributed by atoms with van der Waals surface area (Å²) < 4.78 is 0.468. The summed E-state index contributed by atoms with van der Waals surface area (Å²) in [6, 6.07) is 0. The van der Waals surface area contributed by atoms with Gasteiger partial charge in [0.2, 0.25) is 0 Å². The molecule has 8 saturated carbocycles. The molecule has 0 N–H and O–H groups in total. The standard InChI is InChI=1S/C28H45Br/c1-5-22-9-21-10-23(6-2,12-22)15-26(11-21,14-22)27-16-24(7-3)13-25(8-4,17-27)19-28(29,18-24)20-27/h21H,5-20H2,1-4H3. The number of alkyl halides is 1. The summed E-state index contributed by atoms with van der Waals surface area (Å²) in [6.45, 7) is 10.2. The smallest absolute Gasteiger partial charge is 0.0274 e. The first-order valence-corrected chi connectivity index (χ1v) is 14.1. The van der Waals surface area contributed by atoms with Gasteiger partial charge in [-0.2, -0.15) is 0 Å². The van der Waals surface area contributed by atoms with Gasteiger partial charge in [0.15, 0.2) is 0 Å². The van der Waals surface area contributed by atoms with Crippen LogP contribution in [0.3, 0.4) is 0 Å². The summed E-state index contributed by atoms with van der Waals surface area (Å²) in [7, 11) is 0.